The third-order valence-corrected chi connectivity index (χ3v) is 2.69. The monoisotopic (exact) mass is 175 g/mol. The molecule has 3 heteroatoms. The Morgan fingerprint density at radius 2 is 2.50 bits per heavy atom. The molecule has 0 aliphatic rings. The third-order valence-electron chi connectivity index (χ3n) is 1.49. The van der Waals surface area contributed by atoms with E-state index in [2.05, 4.69) is 6.92 Å². The lowest BCUT2D eigenvalue weighted by molar-refractivity contribution is 0.702. The largest absolute Gasteiger partial charge is 0.324 e. The van der Waals surface area contributed by atoms with Crippen LogP contribution in [0.15, 0.2) is 11.4 Å². The van der Waals surface area contributed by atoms with Gasteiger partial charge in [0.2, 0.25) is 0 Å². The summed E-state index contributed by atoms with van der Waals surface area (Å²) < 4.78 is 0.828. The van der Waals surface area contributed by atoms with Crippen molar-refractivity contribution in [1.29, 1.82) is 0 Å². The molecule has 2 N–H and O–H groups in total. The molecular weight excluding hydrogens is 166 g/mol. The van der Waals surface area contributed by atoms with Gasteiger partial charge < -0.3 is 5.73 Å². The Morgan fingerprint density at radius 3 is 2.90 bits per heavy atom. The Hall–Kier alpha value is -0.0500. The van der Waals surface area contributed by atoms with E-state index < -0.39 is 0 Å². The summed E-state index contributed by atoms with van der Waals surface area (Å²) >= 11 is 7.39. The van der Waals surface area contributed by atoms with Gasteiger partial charge in [-0.05, 0) is 23.4 Å². The van der Waals surface area contributed by atoms with E-state index in [0.717, 1.165) is 16.3 Å². The van der Waals surface area contributed by atoms with Crippen molar-refractivity contribution >= 4 is 22.9 Å². The smallest absolute Gasteiger partial charge is 0.0976 e. The summed E-state index contributed by atoms with van der Waals surface area (Å²) in [6, 6.07) is 2.10. The van der Waals surface area contributed by atoms with Gasteiger partial charge in [-0.3, -0.25) is 0 Å². The zero-order valence-corrected chi connectivity index (χ0v) is 7.38. The molecule has 0 bridgehead atoms. The molecule has 0 saturated carbocycles. The second-order valence-corrected chi connectivity index (χ2v) is 3.68. The molecule has 0 fully saturated rings. The number of hydrogen-bond donors (Lipinski definition) is 1. The molecule has 56 valence electrons. The Bertz CT molecular complexity index is 209. The molecule has 10 heavy (non-hydrogen) atoms. The van der Waals surface area contributed by atoms with Gasteiger partial charge in [-0.15, -0.1) is 11.3 Å². The number of nitrogens with two attached hydrogens (primary N) is 1. The molecule has 1 nitrogen and oxygen atoms in total. The van der Waals surface area contributed by atoms with Gasteiger partial charge in [-0.25, -0.2) is 0 Å². The summed E-state index contributed by atoms with van der Waals surface area (Å²) in [7, 11) is 0. The molecule has 1 rings (SSSR count). The highest BCUT2D eigenvalue weighted by molar-refractivity contribution is 7.14. The maximum Gasteiger partial charge on any atom is 0.0976 e. The van der Waals surface area contributed by atoms with E-state index in [0.29, 0.717) is 0 Å². The van der Waals surface area contributed by atoms with Crippen molar-refractivity contribution < 1.29 is 0 Å². The summed E-state index contributed by atoms with van der Waals surface area (Å²) in [6.45, 7) is 2.05. The molecule has 0 aromatic carbocycles. The summed E-state index contributed by atoms with van der Waals surface area (Å²) in [6.07, 6.45) is 0.941. The minimum Gasteiger partial charge on any atom is -0.324 e. The molecule has 0 saturated heterocycles. The fraction of sp³-hybridized carbons (Fsp3) is 0.429. The van der Waals surface area contributed by atoms with Crippen LogP contribution in [0.3, 0.4) is 0 Å². The topological polar surface area (TPSA) is 26.0 Å². The highest BCUT2D eigenvalue weighted by Crippen LogP contribution is 2.28. The van der Waals surface area contributed by atoms with Gasteiger partial charge in [0.25, 0.3) is 0 Å². The van der Waals surface area contributed by atoms with Crippen LogP contribution in [0.5, 0.6) is 0 Å². The Kier molecular flexibility index (Phi) is 2.72. The minimum absolute atomic E-state index is 0.110. The molecular formula is C7H10ClNS. The first-order chi connectivity index (χ1) is 4.75. The Labute approximate surface area is 69.8 Å². The zero-order valence-electron chi connectivity index (χ0n) is 5.80. The third kappa shape index (κ3) is 1.51. The number of halogens is 1. The van der Waals surface area contributed by atoms with Crippen molar-refractivity contribution in [2.24, 2.45) is 5.73 Å². The van der Waals surface area contributed by atoms with Crippen LogP contribution in [-0.4, -0.2) is 0 Å². The molecule has 1 unspecified atom stereocenters. The fourth-order valence-corrected chi connectivity index (χ4v) is 1.84. The fourth-order valence-electron chi connectivity index (χ4n) is 0.790. The normalized spacial score (nSPS) is 13.5. The van der Waals surface area contributed by atoms with Crippen LogP contribution >= 0.6 is 22.9 Å². The van der Waals surface area contributed by atoms with Crippen LogP contribution in [0.2, 0.25) is 4.34 Å². The summed E-state index contributed by atoms with van der Waals surface area (Å²) in [5, 5.41) is 1.97. The van der Waals surface area contributed by atoms with Crippen molar-refractivity contribution in [2.75, 3.05) is 0 Å². The van der Waals surface area contributed by atoms with Crippen LogP contribution in [0, 0.1) is 0 Å². The van der Waals surface area contributed by atoms with Crippen LogP contribution in [0.4, 0.5) is 0 Å². The molecule has 1 heterocycles. The van der Waals surface area contributed by atoms with Crippen molar-refractivity contribution in [2.45, 2.75) is 19.4 Å². The second-order valence-electron chi connectivity index (χ2n) is 2.16. The van der Waals surface area contributed by atoms with E-state index in [1.807, 2.05) is 11.4 Å². The Balaban J connectivity index is 2.82. The molecule has 0 aliphatic heterocycles. The quantitative estimate of drug-likeness (QED) is 0.735. The number of rotatable bonds is 2. The maximum atomic E-state index is 5.85. The first-order valence-electron chi connectivity index (χ1n) is 3.24. The lowest BCUT2D eigenvalue weighted by atomic mass is 10.1. The predicted octanol–water partition coefficient (Wildman–Crippen LogP) is 2.81. The molecule has 0 radical (unpaired) electrons. The second kappa shape index (κ2) is 3.37. The van der Waals surface area contributed by atoms with E-state index in [1.165, 1.54) is 11.3 Å². The van der Waals surface area contributed by atoms with Crippen LogP contribution < -0.4 is 5.73 Å². The molecule has 0 spiro atoms. The van der Waals surface area contributed by atoms with Crippen molar-refractivity contribution in [1.82, 2.24) is 0 Å². The molecule has 1 atom stereocenters. The van der Waals surface area contributed by atoms with Gasteiger partial charge in [-0.1, -0.05) is 18.5 Å². The average molecular weight is 176 g/mol. The summed E-state index contributed by atoms with van der Waals surface area (Å²) in [5.74, 6) is 0. The van der Waals surface area contributed by atoms with E-state index >= 15 is 0 Å². The van der Waals surface area contributed by atoms with Gasteiger partial charge in [0.1, 0.15) is 0 Å². The first kappa shape index (κ1) is 8.05. The maximum absolute atomic E-state index is 5.85. The standard InChI is InChI=1S/C7H10ClNS/c1-2-6(9)5-3-4-10-7(5)8/h3-4,6H,2,9H2,1H3. The van der Waals surface area contributed by atoms with Crippen molar-refractivity contribution in [3.63, 3.8) is 0 Å². The van der Waals surface area contributed by atoms with Crippen LogP contribution in [0.1, 0.15) is 24.9 Å². The highest BCUT2D eigenvalue weighted by Gasteiger charge is 2.07. The van der Waals surface area contributed by atoms with Crippen LogP contribution in [0.25, 0.3) is 0 Å². The van der Waals surface area contributed by atoms with Gasteiger partial charge in [-0.2, -0.15) is 0 Å². The Morgan fingerprint density at radius 1 is 1.80 bits per heavy atom. The molecule has 1 aromatic rings. The highest BCUT2D eigenvalue weighted by atomic mass is 35.5. The average Bonchev–Trinajstić information content (AvgIpc) is 2.34. The van der Waals surface area contributed by atoms with E-state index in [-0.39, 0.29) is 6.04 Å². The molecule has 1 aromatic heterocycles. The molecule has 0 aliphatic carbocycles. The van der Waals surface area contributed by atoms with E-state index in [1.54, 1.807) is 0 Å². The van der Waals surface area contributed by atoms with E-state index in [9.17, 15) is 0 Å². The van der Waals surface area contributed by atoms with E-state index in [4.69, 9.17) is 17.3 Å². The zero-order chi connectivity index (χ0) is 7.56. The lowest BCUT2D eigenvalue weighted by Gasteiger charge is -2.05. The lowest BCUT2D eigenvalue weighted by Crippen LogP contribution is -2.07. The van der Waals surface area contributed by atoms with Gasteiger partial charge >= 0.3 is 0 Å². The van der Waals surface area contributed by atoms with Crippen LogP contribution in [-0.2, 0) is 0 Å². The summed E-state index contributed by atoms with van der Waals surface area (Å²) in [4.78, 5) is 0. The minimum atomic E-state index is 0.110. The predicted molar refractivity (Wildman–Crippen MR) is 46.5 cm³/mol. The number of hydrogen-bond acceptors (Lipinski definition) is 2. The van der Waals surface area contributed by atoms with Gasteiger partial charge in [0.15, 0.2) is 0 Å². The SMILES string of the molecule is CCC(N)c1ccsc1Cl. The number of thiophene rings is 1. The first-order valence-corrected chi connectivity index (χ1v) is 4.50. The molecule has 0 amide bonds. The summed E-state index contributed by atoms with van der Waals surface area (Å²) in [5.41, 5.74) is 6.84. The van der Waals surface area contributed by atoms with Gasteiger partial charge in [0, 0.05) is 6.04 Å². The van der Waals surface area contributed by atoms with Gasteiger partial charge in [0.05, 0.1) is 4.34 Å². The van der Waals surface area contributed by atoms with Crippen molar-refractivity contribution in [3.8, 4) is 0 Å². The van der Waals surface area contributed by atoms with Crippen molar-refractivity contribution in [3.05, 3.63) is 21.3 Å².